The summed E-state index contributed by atoms with van der Waals surface area (Å²) in [5, 5.41) is 2.93. The second-order valence-electron chi connectivity index (χ2n) is 5.76. The molecule has 0 aromatic carbocycles. The summed E-state index contributed by atoms with van der Waals surface area (Å²) in [6, 6.07) is 0.491. The number of carbonyl (C=O) groups is 1. The summed E-state index contributed by atoms with van der Waals surface area (Å²) in [5.74, 6) is 0. The van der Waals surface area contributed by atoms with Crippen molar-refractivity contribution in [1.29, 1.82) is 0 Å². The Morgan fingerprint density at radius 2 is 1.94 bits per heavy atom. The molecule has 0 aromatic rings. The summed E-state index contributed by atoms with van der Waals surface area (Å²) < 4.78 is 5.26. The average Bonchev–Trinajstić information content (AvgIpc) is 2.24. The highest BCUT2D eigenvalue weighted by molar-refractivity contribution is 5.68. The maximum absolute atomic E-state index is 11.7. The first-order chi connectivity index (χ1) is 8.40. The maximum atomic E-state index is 11.7. The molecule has 2 atom stereocenters. The van der Waals surface area contributed by atoms with Gasteiger partial charge in [0.15, 0.2) is 0 Å². The molecule has 2 N–H and O–H groups in total. The lowest BCUT2D eigenvalue weighted by atomic mass is 9.91. The van der Waals surface area contributed by atoms with Crippen LogP contribution in [-0.2, 0) is 9.57 Å². The van der Waals surface area contributed by atoms with Gasteiger partial charge in [-0.15, -0.1) is 0 Å². The molecule has 0 heterocycles. The fourth-order valence-electron chi connectivity index (χ4n) is 2.10. The first kappa shape index (κ1) is 15.2. The second-order valence-corrected chi connectivity index (χ2v) is 5.76. The van der Waals surface area contributed by atoms with Crippen molar-refractivity contribution in [2.45, 2.75) is 71.1 Å². The molecule has 1 rings (SSSR count). The van der Waals surface area contributed by atoms with E-state index in [1.165, 1.54) is 0 Å². The molecule has 1 amide bonds. The van der Waals surface area contributed by atoms with E-state index in [0.29, 0.717) is 12.6 Å². The monoisotopic (exact) mass is 258 g/mol. The lowest BCUT2D eigenvalue weighted by molar-refractivity contribution is 0.00969. The van der Waals surface area contributed by atoms with Crippen LogP contribution in [0.3, 0.4) is 0 Å². The Hall–Kier alpha value is -0.810. The summed E-state index contributed by atoms with van der Waals surface area (Å²) in [7, 11) is 0. The molecule has 0 spiro atoms. The topological polar surface area (TPSA) is 59.6 Å². The Bertz CT molecular complexity index is 263. The summed E-state index contributed by atoms with van der Waals surface area (Å²) in [6.07, 6.45) is 3.74. The van der Waals surface area contributed by atoms with Gasteiger partial charge < -0.3 is 14.9 Å². The molecular weight excluding hydrogens is 232 g/mol. The molecule has 0 aliphatic heterocycles. The van der Waals surface area contributed by atoms with E-state index < -0.39 is 5.60 Å². The van der Waals surface area contributed by atoms with E-state index in [-0.39, 0.29) is 12.1 Å². The van der Waals surface area contributed by atoms with Crippen LogP contribution >= 0.6 is 0 Å². The number of rotatable bonds is 4. The third-order valence-electron chi connectivity index (χ3n) is 2.79. The molecule has 106 valence electrons. The standard InChI is InChI=1S/C13H26N2O3/c1-5-17-15-11-8-6-7-10(9-11)14-12(16)18-13(2,3)4/h10-11,15H,5-9H2,1-4H3,(H,14,16). The Kier molecular flexibility index (Phi) is 5.88. The van der Waals surface area contributed by atoms with Crippen molar-refractivity contribution in [2.75, 3.05) is 6.61 Å². The maximum Gasteiger partial charge on any atom is 0.407 e. The van der Waals surface area contributed by atoms with E-state index in [4.69, 9.17) is 9.57 Å². The number of amides is 1. The quantitative estimate of drug-likeness (QED) is 0.760. The zero-order valence-electron chi connectivity index (χ0n) is 11.9. The average molecular weight is 258 g/mol. The van der Waals surface area contributed by atoms with Gasteiger partial charge in [-0.05, 0) is 53.4 Å². The van der Waals surface area contributed by atoms with E-state index in [1.807, 2.05) is 27.7 Å². The third-order valence-corrected chi connectivity index (χ3v) is 2.79. The molecule has 1 saturated carbocycles. The fraction of sp³-hybridized carbons (Fsp3) is 0.923. The van der Waals surface area contributed by atoms with Crippen molar-refractivity contribution in [2.24, 2.45) is 0 Å². The molecule has 1 aliphatic carbocycles. The van der Waals surface area contributed by atoms with Crippen molar-refractivity contribution in [3.8, 4) is 0 Å². The molecular formula is C13H26N2O3. The van der Waals surface area contributed by atoms with Gasteiger partial charge in [0.25, 0.3) is 0 Å². The van der Waals surface area contributed by atoms with Gasteiger partial charge in [0.1, 0.15) is 5.60 Å². The number of carbonyl (C=O) groups excluding carboxylic acids is 1. The number of alkyl carbamates (subject to hydrolysis) is 1. The summed E-state index contributed by atoms with van der Waals surface area (Å²) in [6.45, 7) is 8.21. The van der Waals surface area contributed by atoms with Crippen LogP contribution in [0.25, 0.3) is 0 Å². The van der Waals surface area contributed by atoms with Crippen LogP contribution in [0.2, 0.25) is 0 Å². The van der Waals surface area contributed by atoms with Gasteiger partial charge in [0.2, 0.25) is 0 Å². The number of hydroxylamine groups is 1. The van der Waals surface area contributed by atoms with E-state index in [9.17, 15) is 4.79 Å². The smallest absolute Gasteiger partial charge is 0.407 e. The van der Waals surface area contributed by atoms with Crippen LogP contribution in [0.5, 0.6) is 0 Å². The van der Waals surface area contributed by atoms with Crippen LogP contribution < -0.4 is 10.8 Å². The van der Waals surface area contributed by atoms with Crippen LogP contribution in [-0.4, -0.2) is 30.4 Å². The van der Waals surface area contributed by atoms with Gasteiger partial charge in [-0.3, -0.25) is 0 Å². The van der Waals surface area contributed by atoms with Crippen LogP contribution in [0.1, 0.15) is 53.4 Å². The third kappa shape index (κ3) is 6.21. The summed E-state index contributed by atoms with van der Waals surface area (Å²) in [5.41, 5.74) is 2.59. The van der Waals surface area contributed by atoms with Gasteiger partial charge in [0.05, 0.1) is 6.61 Å². The van der Waals surface area contributed by atoms with Gasteiger partial charge >= 0.3 is 6.09 Å². The van der Waals surface area contributed by atoms with Gasteiger partial charge in [-0.25, -0.2) is 4.79 Å². The van der Waals surface area contributed by atoms with Gasteiger partial charge in [-0.2, -0.15) is 5.48 Å². The molecule has 0 radical (unpaired) electrons. The Morgan fingerprint density at radius 1 is 1.28 bits per heavy atom. The first-order valence-corrected chi connectivity index (χ1v) is 6.77. The minimum absolute atomic E-state index is 0.173. The molecule has 0 saturated heterocycles. The fourth-order valence-corrected chi connectivity index (χ4v) is 2.10. The minimum Gasteiger partial charge on any atom is -0.444 e. The SMILES string of the molecule is CCONC1CCCC(NC(=O)OC(C)(C)C)C1. The lowest BCUT2D eigenvalue weighted by Gasteiger charge is -2.30. The predicted octanol–water partition coefficient (Wildman–Crippen LogP) is 2.36. The molecule has 0 bridgehead atoms. The van der Waals surface area contributed by atoms with Crippen LogP contribution in [0.15, 0.2) is 0 Å². The highest BCUT2D eigenvalue weighted by Gasteiger charge is 2.25. The van der Waals surface area contributed by atoms with Crippen molar-refractivity contribution >= 4 is 6.09 Å². The zero-order valence-corrected chi connectivity index (χ0v) is 11.9. The van der Waals surface area contributed by atoms with Gasteiger partial charge in [0, 0.05) is 12.1 Å². The number of hydrogen-bond donors (Lipinski definition) is 2. The van der Waals surface area contributed by atoms with Crippen molar-refractivity contribution in [3.05, 3.63) is 0 Å². The van der Waals surface area contributed by atoms with Crippen LogP contribution in [0, 0.1) is 0 Å². The van der Waals surface area contributed by atoms with Crippen molar-refractivity contribution in [1.82, 2.24) is 10.8 Å². The molecule has 2 unspecified atom stereocenters. The number of ether oxygens (including phenoxy) is 1. The highest BCUT2D eigenvalue weighted by Crippen LogP contribution is 2.19. The van der Waals surface area contributed by atoms with E-state index in [0.717, 1.165) is 25.7 Å². The van der Waals surface area contributed by atoms with E-state index in [1.54, 1.807) is 0 Å². The molecule has 5 heteroatoms. The van der Waals surface area contributed by atoms with Crippen molar-refractivity contribution in [3.63, 3.8) is 0 Å². The Labute approximate surface area is 110 Å². The molecule has 1 fully saturated rings. The van der Waals surface area contributed by atoms with Crippen molar-refractivity contribution < 1.29 is 14.4 Å². The predicted molar refractivity (Wildman–Crippen MR) is 70.2 cm³/mol. The number of hydrogen-bond acceptors (Lipinski definition) is 4. The normalized spacial score (nSPS) is 24.7. The number of nitrogens with one attached hydrogen (secondary N) is 2. The zero-order chi connectivity index (χ0) is 13.6. The molecule has 5 nitrogen and oxygen atoms in total. The second kappa shape index (κ2) is 6.95. The largest absolute Gasteiger partial charge is 0.444 e. The summed E-state index contributed by atoms with van der Waals surface area (Å²) in [4.78, 5) is 16.9. The molecule has 1 aliphatic rings. The van der Waals surface area contributed by atoms with E-state index >= 15 is 0 Å². The summed E-state index contributed by atoms with van der Waals surface area (Å²) >= 11 is 0. The Balaban J connectivity index is 2.31. The van der Waals surface area contributed by atoms with Crippen LogP contribution in [0.4, 0.5) is 4.79 Å². The van der Waals surface area contributed by atoms with E-state index in [2.05, 4.69) is 10.8 Å². The molecule has 0 aromatic heterocycles. The first-order valence-electron chi connectivity index (χ1n) is 6.77. The Morgan fingerprint density at radius 3 is 2.56 bits per heavy atom. The molecule has 18 heavy (non-hydrogen) atoms. The lowest BCUT2D eigenvalue weighted by Crippen LogP contribution is -2.45. The minimum atomic E-state index is -0.443. The highest BCUT2D eigenvalue weighted by atomic mass is 16.6. The van der Waals surface area contributed by atoms with Gasteiger partial charge in [-0.1, -0.05) is 0 Å².